The number of nitrogens with zero attached hydrogens (tertiary/aromatic N) is 2. The van der Waals surface area contributed by atoms with Crippen molar-refractivity contribution in [1.82, 2.24) is 10.2 Å². The molecule has 2 heterocycles. The predicted molar refractivity (Wildman–Crippen MR) is 105 cm³/mol. The second-order valence-corrected chi connectivity index (χ2v) is 6.42. The lowest BCUT2D eigenvalue weighted by Gasteiger charge is -2.25. The summed E-state index contributed by atoms with van der Waals surface area (Å²) in [6.45, 7) is 8.80. The van der Waals surface area contributed by atoms with Crippen molar-refractivity contribution < 1.29 is 9.15 Å². The Morgan fingerprint density at radius 1 is 1.48 bits per heavy atom. The van der Waals surface area contributed by atoms with Crippen LogP contribution in [0.15, 0.2) is 27.8 Å². The fourth-order valence-corrected chi connectivity index (χ4v) is 2.53. The number of aliphatic imine (C=N–C) groups is 1. The Morgan fingerprint density at radius 2 is 2.30 bits per heavy atom. The van der Waals surface area contributed by atoms with Gasteiger partial charge in [0, 0.05) is 45.6 Å². The molecule has 1 saturated heterocycles. The molecule has 1 aliphatic heterocycles. The second kappa shape index (κ2) is 10.9. The number of hydrogen-bond acceptors (Lipinski definition) is 3. The molecule has 0 saturated carbocycles. The third-order valence-electron chi connectivity index (χ3n) is 3.76. The normalized spacial score (nSPS) is 18.1. The molecule has 132 valence electrons. The summed E-state index contributed by atoms with van der Waals surface area (Å²) in [6.07, 6.45) is 3.73. The molecule has 23 heavy (non-hydrogen) atoms. The third-order valence-corrected chi connectivity index (χ3v) is 3.76. The zero-order valence-electron chi connectivity index (χ0n) is 14.5. The Labute approximate surface area is 156 Å². The average Bonchev–Trinajstić information content (AvgIpc) is 3.15. The fourth-order valence-electron chi connectivity index (χ4n) is 2.53. The first-order valence-corrected chi connectivity index (χ1v) is 8.24. The van der Waals surface area contributed by atoms with Crippen LogP contribution in [0, 0.1) is 11.8 Å². The lowest BCUT2D eigenvalue weighted by Crippen LogP contribution is -2.42. The van der Waals surface area contributed by atoms with Crippen LogP contribution in [0.5, 0.6) is 0 Å². The van der Waals surface area contributed by atoms with Crippen LogP contribution in [0.25, 0.3) is 0 Å². The minimum atomic E-state index is 0. The molecule has 1 aliphatic rings. The Hall–Kier alpha value is -0.760. The number of furan rings is 1. The van der Waals surface area contributed by atoms with Crippen LogP contribution in [0.2, 0.25) is 0 Å². The van der Waals surface area contributed by atoms with E-state index in [1.807, 2.05) is 12.1 Å². The van der Waals surface area contributed by atoms with E-state index in [1.165, 1.54) is 0 Å². The Kier molecular flexibility index (Phi) is 9.62. The second-order valence-electron chi connectivity index (χ2n) is 6.42. The zero-order valence-corrected chi connectivity index (χ0v) is 16.8. The Morgan fingerprint density at radius 3 is 2.91 bits per heavy atom. The van der Waals surface area contributed by atoms with Crippen LogP contribution >= 0.6 is 24.0 Å². The summed E-state index contributed by atoms with van der Waals surface area (Å²) < 4.78 is 10.8. The van der Waals surface area contributed by atoms with Crippen LogP contribution in [0.4, 0.5) is 0 Å². The van der Waals surface area contributed by atoms with Crippen molar-refractivity contribution in [1.29, 1.82) is 0 Å². The number of nitrogens with one attached hydrogen (secondary N) is 1. The van der Waals surface area contributed by atoms with E-state index >= 15 is 0 Å². The maximum Gasteiger partial charge on any atom is 0.193 e. The van der Waals surface area contributed by atoms with Gasteiger partial charge in [-0.3, -0.25) is 4.99 Å². The lowest BCUT2D eigenvalue weighted by molar-refractivity contribution is 0.181. The highest BCUT2D eigenvalue weighted by Crippen LogP contribution is 2.13. The first-order valence-electron chi connectivity index (χ1n) is 8.24. The van der Waals surface area contributed by atoms with Gasteiger partial charge in [-0.25, -0.2) is 0 Å². The largest absolute Gasteiger partial charge is 0.469 e. The van der Waals surface area contributed by atoms with Crippen molar-refractivity contribution in [3.8, 4) is 0 Å². The monoisotopic (exact) mass is 435 g/mol. The van der Waals surface area contributed by atoms with Crippen molar-refractivity contribution in [3.05, 3.63) is 24.2 Å². The quantitative estimate of drug-likeness (QED) is 0.407. The van der Waals surface area contributed by atoms with Gasteiger partial charge in [-0.05, 0) is 24.5 Å². The Balaban J connectivity index is 0.00000264. The topological polar surface area (TPSA) is 50.0 Å². The predicted octanol–water partition coefficient (Wildman–Crippen LogP) is 3.01. The smallest absolute Gasteiger partial charge is 0.193 e. The molecule has 2 rings (SSSR count). The van der Waals surface area contributed by atoms with Gasteiger partial charge in [0.05, 0.1) is 12.9 Å². The van der Waals surface area contributed by atoms with Gasteiger partial charge in [-0.15, -0.1) is 24.0 Å². The summed E-state index contributed by atoms with van der Waals surface area (Å²) in [6, 6.07) is 3.93. The maximum absolute atomic E-state index is 5.47. The summed E-state index contributed by atoms with van der Waals surface area (Å²) in [5.41, 5.74) is 0. The molecule has 5 nitrogen and oxygen atoms in total. The van der Waals surface area contributed by atoms with E-state index in [9.17, 15) is 0 Å². The summed E-state index contributed by atoms with van der Waals surface area (Å²) in [7, 11) is 2.11. The van der Waals surface area contributed by atoms with Crippen LogP contribution in [0.3, 0.4) is 0 Å². The summed E-state index contributed by atoms with van der Waals surface area (Å²) in [5.74, 6) is 3.15. The van der Waals surface area contributed by atoms with Crippen LogP contribution in [0.1, 0.15) is 26.0 Å². The molecule has 1 unspecified atom stereocenters. The van der Waals surface area contributed by atoms with Crippen molar-refractivity contribution in [2.45, 2.75) is 26.7 Å². The van der Waals surface area contributed by atoms with E-state index in [4.69, 9.17) is 14.1 Å². The van der Waals surface area contributed by atoms with Crippen LogP contribution in [-0.2, 0) is 11.2 Å². The highest BCUT2D eigenvalue weighted by atomic mass is 127. The van der Waals surface area contributed by atoms with Crippen LogP contribution in [-0.4, -0.2) is 50.8 Å². The van der Waals surface area contributed by atoms with Gasteiger partial charge in [0.15, 0.2) is 5.96 Å². The number of guanidine groups is 1. The minimum absolute atomic E-state index is 0. The fraction of sp³-hybridized carbons (Fsp3) is 0.706. The van der Waals surface area contributed by atoms with E-state index in [0.717, 1.165) is 57.4 Å². The molecule has 0 aromatic carbocycles. The average molecular weight is 435 g/mol. The van der Waals surface area contributed by atoms with Gasteiger partial charge in [-0.1, -0.05) is 13.8 Å². The standard InChI is InChI=1S/C17H29N3O2.HI/c1-14(2)11-19-17(18-8-6-16-5-4-9-22-16)20(3)12-15-7-10-21-13-15;/h4-5,9,14-15H,6-8,10-13H2,1-3H3,(H,18,19);1H. The van der Waals surface area contributed by atoms with Gasteiger partial charge in [0.1, 0.15) is 5.76 Å². The molecule has 0 radical (unpaired) electrons. The highest BCUT2D eigenvalue weighted by Gasteiger charge is 2.19. The number of hydrogen-bond donors (Lipinski definition) is 1. The maximum atomic E-state index is 5.47. The molecular formula is C17H30IN3O2. The summed E-state index contributed by atoms with van der Waals surface area (Å²) in [4.78, 5) is 6.97. The number of halogens is 1. The van der Waals surface area contributed by atoms with Crippen molar-refractivity contribution in [2.75, 3.05) is 39.9 Å². The molecular weight excluding hydrogens is 405 g/mol. The molecule has 1 atom stereocenters. The Bertz CT molecular complexity index is 443. The first kappa shape index (κ1) is 20.3. The minimum Gasteiger partial charge on any atom is -0.469 e. The van der Waals surface area contributed by atoms with E-state index in [-0.39, 0.29) is 24.0 Å². The van der Waals surface area contributed by atoms with Gasteiger partial charge < -0.3 is 19.4 Å². The summed E-state index contributed by atoms with van der Waals surface area (Å²) in [5, 5.41) is 3.46. The summed E-state index contributed by atoms with van der Waals surface area (Å²) >= 11 is 0. The SMILES string of the molecule is CC(C)CN=C(NCCc1ccco1)N(C)CC1CCOC1.I. The molecule has 6 heteroatoms. The third kappa shape index (κ3) is 7.56. The van der Waals surface area contributed by atoms with E-state index < -0.39 is 0 Å². The van der Waals surface area contributed by atoms with Crippen molar-refractivity contribution in [3.63, 3.8) is 0 Å². The number of rotatable bonds is 7. The molecule has 1 aromatic rings. The van der Waals surface area contributed by atoms with Gasteiger partial charge >= 0.3 is 0 Å². The first-order chi connectivity index (χ1) is 10.6. The van der Waals surface area contributed by atoms with E-state index in [2.05, 4.69) is 31.1 Å². The van der Waals surface area contributed by atoms with Gasteiger partial charge in [-0.2, -0.15) is 0 Å². The molecule has 1 aromatic heterocycles. The van der Waals surface area contributed by atoms with Crippen LogP contribution < -0.4 is 5.32 Å². The van der Waals surface area contributed by atoms with Gasteiger partial charge in [0.2, 0.25) is 0 Å². The highest BCUT2D eigenvalue weighted by molar-refractivity contribution is 14.0. The molecule has 1 N–H and O–H groups in total. The van der Waals surface area contributed by atoms with Crippen molar-refractivity contribution >= 4 is 29.9 Å². The zero-order chi connectivity index (χ0) is 15.8. The molecule has 0 aliphatic carbocycles. The van der Waals surface area contributed by atoms with Crippen molar-refractivity contribution in [2.24, 2.45) is 16.8 Å². The number of ether oxygens (including phenoxy) is 1. The lowest BCUT2D eigenvalue weighted by atomic mass is 10.1. The van der Waals surface area contributed by atoms with E-state index in [0.29, 0.717) is 11.8 Å². The molecule has 0 amide bonds. The van der Waals surface area contributed by atoms with Gasteiger partial charge in [0.25, 0.3) is 0 Å². The molecule has 0 bridgehead atoms. The molecule has 0 spiro atoms. The van der Waals surface area contributed by atoms with E-state index in [1.54, 1.807) is 6.26 Å². The molecule has 1 fully saturated rings.